The maximum Gasteiger partial charge on any atom is 0.322 e. The van der Waals surface area contributed by atoms with E-state index in [1.165, 1.54) is 7.11 Å². The largest absolute Gasteiger partial charge is 0.468 e. The van der Waals surface area contributed by atoms with Crippen LogP contribution in [-0.4, -0.2) is 19.1 Å². The Hall–Kier alpha value is -1.55. The lowest BCUT2D eigenvalue weighted by atomic mass is 10.0. The first-order valence-electron chi connectivity index (χ1n) is 6.38. The molecule has 0 bridgehead atoms. The molecule has 1 atom stereocenters. The van der Waals surface area contributed by atoms with Crippen molar-refractivity contribution in [2.75, 3.05) is 7.11 Å². The zero-order valence-corrected chi connectivity index (χ0v) is 13.0. The molecule has 0 fully saturated rings. The second-order valence-electron chi connectivity index (χ2n) is 4.69. The van der Waals surface area contributed by atoms with Crippen molar-refractivity contribution in [2.45, 2.75) is 12.5 Å². The van der Waals surface area contributed by atoms with Crippen molar-refractivity contribution in [3.8, 4) is 11.1 Å². The van der Waals surface area contributed by atoms with Crippen molar-refractivity contribution < 1.29 is 9.53 Å². The molecule has 2 rings (SSSR count). The smallest absolute Gasteiger partial charge is 0.322 e. The third-order valence-corrected chi connectivity index (χ3v) is 3.55. The highest BCUT2D eigenvalue weighted by atomic mass is 35.5. The van der Waals surface area contributed by atoms with Gasteiger partial charge in [0.15, 0.2) is 0 Å². The Morgan fingerprint density at radius 2 is 1.67 bits per heavy atom. The second-order valence-corrected chi connectivity index (χ2v) is 5.56. The monoisotopic (exact) mass is 323 g/mol. The number of carbonyl (C=O) groups is 1. The van der Waals surface area contributed by atoms with E-state index in [4.69, 9.17) is 28.9 Å². The molecule has 0 aliphatic carbocycles. The lowest BCUT2D eigenvalue weighted by molar-refractivity contribution is -0.142. The van der Waals surface area contributed by atoms with Crippen LogP contribution in [0.5, 0.6) is 0 Å². The van der Waals surface area contributed by atoms with Crippen molar-refractivity contribution in [3.05, 3.63) is 58.1 Å². The Morgan fingerprint density at radius 3 is 2.19 bits per heavy atom. The summed E-state index contributed by atoms with van der Waals surface area (Å²) in [5, 5.41) is 1.18. The van der Waals surface area contributed by atoms with E-state index in [9.17, 15) is 4.79 Å². The summed E-state index contributed by atoms with van der Waals surface area (Å²) in [5.41, 5.74) is 8.64. The Bertz CT molecular complexity index is 621. The Labute approximate surface area is 133 Å². The second kappa shape index (κ2) is 6.94. The number of methoxy groups -OCH3 is 1. The topological polar surface area (TPSA) is 52.3 Å². The fourth-order valence-electron chi connectivity index (χ4n) is 2.04. The molecule has 0 saturated carbocycles. The molecule has 0 aliphatic heterocycles. The highest BCUT2D eigenvalue weighted by Crippen LogP contribution is 2.27. The van der Waals surface area contributed by atoms with Gasteiger partial charge in [-0.3, -0.25) is 4.79 Å². The molecule has 21 heavy (non-hydrogen) atoms. The van der Waals surface area contributed by atoms with Crippen LogP contribution in [0.3, 0.4) is 0 Å². The standard InChI is InChI=1S/C16H15Cl2NO2/c1-21-16(20)15(19)6-10-2-4-11(5-3-10)12-7-13(17)9-14(18)8-12/h2-5,7-9,15H,6,19H2,1H3. The fraction of sp³-hybridized carbons (Fsp3) is 0.188. The van der Waals surface area contributed by atoms with Crippen LogP contribution in [0, 0.1) is 0 Å². The van der Waals surface area contributed by atoms with Crippen LogP contribution in [0.2, 0.25) is 10.0 Å². The Morgan fingerprint density at radius 1 is 1.10 bits per heavy atom. The van der Waals surface area contributed by atoms with E-state index in [1.807, 2.05) is 36.4 Å². The van der Waals surface area contributed by atoms with Crippen LogP contribution in [0.25, 0.3) is 11.1 Å². The predicted octanol–water partition coefficient (Wildman–Crippen LogP) is 3.70. The summed E-state index contributed by atoms with van der Waals surface area (Å²) < 4.78 is 4.61. The first kappa shape index (κ1) is 15.8. The molecule has 0 spiro atoms. The molecule has 2 N–H and O–H groups in total. The van der Waals surface area contributed by atoms with Gasteiger partial charge >= 0.3 is 5.97 Å². The molecule has 0 aromatic heterocycles. The quantitative estimate of drug-likeness (QED) is 0.873. The summed E-state index contributed by atoms with van der Waals surface area (Å²) in [6.07, 6.45) is 0.434. The number of hydrogen-bond acceptors (Lipinski definition) is 3. The zero-order valence-electron chi connectivity index (χ0n) is 11.5. The van der Waals surface area contributed by atoms with Crippen LogP contribution in [0.1, 0.15) is 5.56 Å². The van der Waals surface area contributed by atoms with Gasteiger partial charge in [0.05, 0.1) is 7.11 Å². The molecule has 3 nitrogen and oxygen atoms in total. The molecule has 5 heteroatoms. The van der Waals surface area contributed by atoms with Crippen molar-refractivity contribution >= 4 is 29.2 Å². The summed E-state index contributed by atoms with van der Waals surface area (Å²) >= 11 is 12.0. The van der Waals surface area contributed by atoms with Crippen molar-refractivity contribution in [3.63, 3.8) is 0 Å². The Kier molecular flexibility index (Phi) is 5.23. The van der Waals surface area contributed by atoms with Crippen molar-refractivity contribution in [2.24, 2.45) is 5.73 Å². The number of ether oxygens (including phenoxy) is 1. The van der Waals surface area contributed by atoms with Crippen LogP contribution in [0.4, 0.5) is 0 Å². The first-order valence-corrected chi connectivity index (χ1v) is 7.14. The average Bonchev–Trinajstić information content (AvgIpc) is 2.46. The fourth-order valence-corrected chi connectivity index (χ4v) is 2.57. The van der Waals surface area contributed by atoms with E-state index in [1.54, 1.807) is 6.07 Å². The first-order chi connectivity index (χ1) is 9.99. The summed E-state index contributed by atoms with van der Waals surface area (Å²) in [5.74, 6) is -0.416. The van der Waals surface area contributed by atoms with Gasteiger partial charge in [0.25, 0.3) is 0 Å². The van der Waals surface area contributed by atoms with E-state index in [0.717, 1.165) is 16.7 Å². The van der Waals surface area contributed by atoms with Crippen LogP contribution in [-0.2, 0) is 16.0 Å². The minimum atomic E-state index is -0.651. The molecule has 2 aromatic rings. The lowest BCUT2D eigenvalue weighted by Gasteiger charge is -2.10. The van der Waals surface area contributed by atoms with E-state index in [-0.39, 0.29) is 0 Å². The van der Waals surface area contributed by atoms with E-state index in [0.29, 0.717) is 16.5 Å². The minimum absolute atomic E-state index is 0.416. The molecule has 0 radical (unpaired) electrons. The summed E-state index contributed by atoms with van der Waals surface area (Å²) in [6, 6.07) is 12.5. The highest BCUT2D eigenvalue weighted by molar-refractivity contribution is 6.35. The van der Waals surface area contributed by atoms with E-state index >= 15 is 0 Å². The van der Waals surface area contributed by atoms with Crippen molar-refractivity contribution in [1.29, 1.82) is 0 Å². The molecular weight excluding hydrogens is 309 g/mol. The van der Waals surface area contributed by atoms with E-state index in [2.05, 4.69) is 4.74 Å². The molecule has 0 aliphatic rings. The van der Waals surface area contributed by atoms with Gasteiger partial charge in [-0.2, -0.15) is 0 Å². The third kappa shape index (κ3) is 4.21. The van der Waals surface area contributed by atoms with Gasteiger partial charge < -0.3 is 10.5 Å². The number of benzene rings is 2. The maximum atomic E-state index is 11.3. The molecule has 0 amide bonds. The molecular formula is C16H15Cl2NO2. The van der Waals surface area contributed by atoms with Gasteiger partial charge in [-0.1, -0.05) is 47.5 Å². The summed E-state index contributed by atoms with van der Waals surface area (Å²) in [4.78, 5) is 11.3. The van der Waals surface area contributed by atoms with E-state index < -0.39 is 12.0 Å². The number of esters is 1. The number of rotatable bonds is 4. The SMILES string of the molecule is COC(=O)C(N)Cc1ccc(-c2cc(Cl)cc(Cl)c2)cc1. The molecule has 110 valence electrons. The Balaban J connectivity index is 2.17. The number of carbonyl (C=O) groups excluding carboxylic acids is 1. The zero-order chi connectivity index (χ0) is 15.4. The average molecular weight is 324 g/mol. The van der Waals surface area contributed by atoms with Crippen LogP contribution < -0.4 is 5.73 Å². The minimum Gasteiger partial charge on any atom is -0.468 e. The summed E-state index contributed by atoms with van der Waals surface area (Å²) in [6.45, 7) is 0. The molecule has 0 heterocycles. The van der Waals surface area contributed by atoms with Gasteiger partial charge in [0.2, 0.25) is 0 Å². The van der Waals surface area contributed by atoms with Gasteiger partial charge in [0.1, 0.15) is 6.04 Å². The van der Waals surface area contributed by atoms with Crippen LogP contribution >= 0.6 is 23.2 Å². The number of halogens is 2. The summed E-state index contributed by atoms with van der Waals surface area (Å²) in [7, 11) is 1.33. The van der Waals surface area contributed by atoms with Gasteiger partial charge in [-0.25, -0.2) is 0 Å². The van der Waals surface area contributed by atoms with Crippen molar-refractivity contribution in [1.82, 2.24) is 0 Å². The molecule has 1 unspecified atom stereocenters. The van der Waals surface area contributed by atoms with Gasteiger partial charge in [0, 0.05) is 10.0 Å². The maximum absolute atomic E-state index is 11.3. The third-order valence-electron chi connectivity index (χ3n) is 3.11. The number of hydrogen-bond donors (Lipinski definition) is 1. The van der Waals surface area contributed by atoms with Gasteiger partial charge in [-0.15, -0.1) is 0 Å². The predicted molar refractivity (Wildman–Crippen MR) is 85.6 cm³/mol. The highest BCUT2D eigenvalue weighted by Gasteiger charge is 2.14. The van der Waals surface area contributed by atoms with Gasteiger partial charge in [-0.05, 0) is 41.3 Å². The molecule has 2 aromatic carbocycles. The molecule has 0 saturated heterocycles. The normalized spacial score (nSPS) is 12.0. The lowest BCUT2D eigenvalue weighted by Crippen LogP contribution is -2.33. The number of nitrogens with two attached hydrogens (primary N) is 1. The van der Waals surface area contributed by atoms with Crippen LogP contribution in [0.15, 0.2) is 42.5 Å².